The van der Waals surface area contributed by atoms with Crippen molar-refractivity contribution in [3.63, 3.8) is 0 Å². The molecule has 0 radical (unpaired) electrons. The molecule has 0 unspecified atom stereocenters. The molecule has 0 aliphatic rings. The van der Waals surface area contributed by atoms with Gasteiger partial charge in [0.15, 0.2) is 0 Å². The van der Waals surface area contributed by atoms with Crippen LogP contribution < -0.4 is 10.2 Å². The smallest absolute Gasteiger partial charge is 0.278 e. The number of nitrogens with zero attached hydrogens (tertiary/aromatic N) is 2. The fourth-order valence-electron chi connectivity index (χ4n) is 2.44. The maximum Gasteiger partial charge on any atom is 0.278 e. The highest BCUT2D eigenvalue weighted by Gasteiger charge is 2.20. The molecule has 3 rings (SSSR count). The molecular formula is C18H17N3O3. The topological polar surface area (TPSA) is 65.4 Å². The lowest BCUT2D eigenvalue weighted by Crippen LogP contribution is -2.22. The highest BCUT2D eigenvalue weighted by Crippen LogP contribution is 2.31. The van der Waals surface area contributed by atoms with Crippen LogP contribution >= 0.6 is 0 Å². The average molecular weight is 323 g/mol. The van der Waals surface area contributed by atoms with E-state index in [2.05, 4.69) is 10.6 Å². The summed E-state index contributed by atoms with van der Waals surface area (Å²) in [5, 5.41) is 4.58. The first-order chi connectivity index (χ1) is 11.7. The average Bonchev–Trinajstić information content (AvgIpc) is 3.08. The number of rotatable bonds is 5. The fourth-order valence-corrected chi connectivity index (χ4v) is 2.44. The number of methoxy groups -OCH3 is 1. The monoisotopic (exact) mass is 323 g/mol. The normalized spacial score (nSPS) is 10.4. The lowest BCUT2D eigenvalue weighted by Gasteiger charge is -2.07. The summed E-state index contributed by atoms with van der Waals surface area (Å²) in [5.74, 6) is 0.267. The molecule has 1 amide bonds. The van der Waals surface area contributed by atoms with Gasteiger partial charge in [-0.2, -0.15) is 5.10 Å². The lowest BCUT2D eigenvalue weighted by atomic mass is 10.1. The molecule has 1 aromatic heterocycles. The number of amides is 1. The van der Waals surface area contributed by atoms with E-state index >= 15 is 0 Å². The van der Waals surface area contributed by atoms with E-state index in [4.69, 9.17) is 9.57 Å². The van der Waals surface area contributed by atoms with Gasteiger partial charge in [-0.05, 0) is 24.3 Å². The van der Waals surface area contributed by atoms with Crippen LogP contribution in [-0.4, -0.2) is 29.9 Å². The van der Waals surface area contributed by atoms with Gasteiger partial charge in [-0.3, -0.25) is 9.63 Å². The summed E-state index contributed by atoms with van der Waals surface area (Å²) in [5.41, 5.74) is 4.84. The number of carbonyl (C=O) groups is 1. The minimum absolute atomic E-state index is 0.374. The third-order valence-corrected chi connectivity index (χ3v) is 3.54. The Morgan fingerprint density at radius 1 is 1.04 bits per heavy atom. The van der Waals surface area contributed by atoms with Crippen LogP contribution in [0.25, 0.3) is 16.9 Å². The van der Waals surface area contributed by atoms with E-state index in [0.29, 0.717) is 17.0 Å². The summed E-state index contributed by atoms with van der Waals surface area (Å²) in [6, 6.07) is 17.0. The highest BCUT2D eigenvalue weighted by molar-refractivity contribution is 6.00. The van der Waals surface area contributed by atoms with Gasteiger partial charge in [-0.1, -0.05) is 30.3 Å². The second-order valence-corrected chi connectivity index (χ2v) is 5.01. The predicted molar refractivity (Wildman–Crippen MR) is 90.0 cm³/mol. The van der Waals surface area contributed by atoms with Gasteiger partial charge < -0.3 is 4.74 Å². The SMILES string of the molecule is CONC(=O)c1cn(-c2ccccc2)nc1-c1ccccc1OC. The maximum atomic E-state index is 12.4. The van der Waals surface area contributed by atoms with Gasteiger partial charge in [0.05, 0.1) is 25.5 Å². The predicted octanol–water partition coefficient (Wildman–Crippen LogP) is 2.84. The zero-order valence-corrected chi connectivity index (χ0v) is 13.4. The van der Waals surface area contributed by atoms with Gasteiger partial charge >= 0.3 is 0 Å². The molecule has 0 spiro atoms. The number of ether oxygens (including phenoxy) is 1. The first-order valence-corrected chi connectivity index (χ1v) is 7.36. The summed E-state index contributed by atoms with van der Waals surface area (Å²) in [6.45, 7) is 0. The van der Waals surface area contributed by atoms with Crippen molar-refractivity contribution in [2.24, 2.45) is 0 Å². The number of aromatic nitrogens is 2. The molecular weight excluding hydrogens is 306 g/mol. The molecule has 1 heterocycles. The summed E-state index contributed by atoms with van der Waals surface area (Å²) >= 11 is 0. The van der Waals surface area contributed by atoms with Crippen LogP contribution in [0, 0.1) is 0 Å². The van der Waals surface area contributed by atoms with Crippen molar-refractivity contribution in [2.45, 2.75) is 0 Å². The molecule has 0 saturated carbocycles. The van der Waals surface area contributed by atoms with Crippen LogP contribution in [-0.2, 0) is 4.84 Å². The molecule has 3 aromatic rings. The molecule has 6 heteroatoms. The van der Waals surface area contributed by atoms with Crippen LogP contribution in [0.5, 0.6) is 5.75 Å². The molecule has 0 fully saturated rings. The zero-order valence-electron chi connectivity index (χ0n) is 13.4. The van der Waals surface area contributed by atoms with Crippen molar-refractivity contribution in [3.05, 3.63) is 66.4 Å². The quantitative estimate of drug-likeness (QED) is 0.733. The van der Waals surface area contributed by atoms with Crippen molar-refractivity contribution in [1.82, 2.24) is 15.3 Å². The van der Waals surface area contributed by atoms with Gasteiger partial charge in [-0.15, -0.1) is 0 Å². The van der Waals surface area contributed by atoms with Crippen LogP contribution in [0.1, 0.15) is 10.4 Å². The molecule has 0 aliphatic carbocycles. The Balaban J connectivity index is 2.16. The van der Waals surface area contributed by atoms with Gasteiger partial charge in [-0.25, -0.2) is 10.2 Å². The van der Waals surface area contributed by atoms with E-state index in [-0.39, 0.29) is 5.91 Å². The molecule has 0 saturated heterocycles. The van der Waals surface area contributed by atoms with E-state index in [1.54, 1.807) is 18.0 Å². The Bertz CT molecular complexity index is 844. The van der Waals surface area contributed by atoms with Crippen LogP contribution in [0.3, 0.4) is 0 Å². The summed E-state index contributed by atoms with van der Waals surface area (Å²) < 4.78 is 7.06. The Hall–Kier alpha value is -3.12. The van der Waals surface area contributed by atoms with Crippen molar-refractivity contribution in [1.29, 1.82) is 0 Å². The van der Waals surface area contributed by atoms with E-state index in [1.807, 2.05) is 54.6 Å². The second kappa shape index (κ2) is 6.97. The first-order valence-electron chi connectivity index (χ1n) is 7.36. The number of carbonyl (C=O) groups excluding carboxylic acids is 1. The fraction of sp³-hybridized carbons (Fsp3) is 0.111. The van der Waals surface area contributed by atoms with E-state index < -0.39 is 0 Å². The Morgan fingerprint density at radius 3 is 2.46 bits per heavy atom. The van der Waals surface area contributed by atoms with Crippen molar-refractivity contribution in [2.75, 3.05) is 14.2 Å². The molecule has 122 valence electrons. The standard InChI is InChI=1S/C18H17N3O3/c1-23-16-11-7-6-10-14(16)17-15(18(22)20-24-2)12-21(19-17)13-8-4-3-5-9-13/h3-12H,1-2H3,(H,20,22). The number of para-hydroxylation sites is 2. The van der Waals surface area contributed by atoms with Gasteiger partial charge in [0.25, 0.3) is 5.91 Å². The van der Waals surface area contributed by atoms with E-state index in [1.165, 1.54) is 7.11 Å². The first kappa shape index (κ1) is 15.8. The van der Waals surface area contributed by atoms with Crippen LogP contribution in [0.4, 0.5) is 0 Å². The van der Waals surface area contributed by atoms with E-state index in [9.17, 15) is 4.79 Å². The minimum Gasteiger partial charge on any atom is -0.496 e. The Labute approximate surface area is 139 Å². The molecule has 0 atom stereocenters. The Kier molecular flexibility index (Phi) is 4.58. The minimum atomic E-state index is -0.374. The Morgan fingerprint density at radius 2 is 1.75 bits per heavy atom. The van der Waals surface area contributed by atoms with Gasteiger partial charge in [0.1, 0.15) is 11.4 Å². The number of benzene rings is 2. The van der Waals surface area contributed by atoms with E-state index in [0.717, 1.165) is 11.3 Å². The molecule has 6 nitrogen and oxygen atoms in total. The highest BCUT2D eigenvalue weighted by atomic mass is 16.6. The van der Waals surface area contributed by atoms with Crippen molar-refractivity contribution in [3.8, 4) is 22.7 Å². The number of hydrogen-bond acceptors (Lipinski definition) is 4. The second-order valence-electron chi connectivity index (χ2n) is 5.01. The number of hydrogen-bond donors (Lipinski definition) is 1. The van der Waals surface area contributed by atoms with Crippen molar-refractivity contribution < 1.29 is 14.4 Å². The van der Waals surface area contributed by atoms with Crippen LogP contribution in [0.15, 0.2) is 60.8 Å². The van der Waals surface area contributed by atoms with Crippen LogP contribution in [0.2, 0.25) is 0 Å². The van der Waals surface area contributed by atoms with Crippen molar-refractivity contribution >= 4 is 5.91 Å². The number of nitrogens with one attached hydrogen (secondary N) is 1. The maximum absolute atomic E-state index is 12.4. The number of hydroxylamine groups is 1. The van der Waals surface area contributed by atoms with Gasteiger partial charge in [0.2, 0.25) is 0 Å². The summed E-state index contributed by atoms with van der Waals surface area (Å²) in [7, 11) is 2.98. The summed E-state index contributed by atoms with van der Waals surface area (Å²) in [6.07, 6.45) is 1.67. The molecule has 2 aromatic carbocycles. The zero-order chi connectivity index (χ0) is 16.9. The third kappa shape index (κ3) is 3.00. The molecule has 24 heavy (non-hydrogen) atoms. The lowest BCUT2D eigenvalue weighted by molar-refractivity contribution is 0.0538. The molecule has 1 N–H and O–H groups in total. The largest absolute Gasteiger partial charge is 0.496 e. The molecule has 0 aliphatic heterocycles. The molecule has 0 bridgehead atoms. The summed E-state index contributed by atoms with van der Waals surface area (Å²) in [4.78, 5) is 17.1. The third-order valence-electron chi connectivity index (χ3n) is 3.54. The van der Waals surface area contributed by atoms with Gasteiger partial charge in [0, 0.05) is 11.8 Å².